The van der Waals surface area contributed by atoms with Gasteiger partial charge in [0, 0.05) is 23.1 Å². The van der Waals surface area contributed by atoms with Gasteiger partial charge >= 0.3 is 6.18 Å². The molecule has 4 rings (SSSR count). The molecule has 1 amide bonds. The van der Waals surface area contributed by atoms with E-state index in [2.05, 4.69) is 30.9 Å². The van der Waals surface area contributed by atoms with Gasteiger partial charge in [0.25, 0.3) is 5.91 Å². The van der Waals surface area contributed by atoms with Gasteiger partial charge < -0.3 is 20.9 Å². The number of aryl methyl sites for hydroxylation is 1. The molecule has 0 aliphatic carbocycles. The molecule has 4 aromatic rings. The van der Waals surface area contributed by atoms with Crippen molar-refractivity contribution >= 4 is 40.1 Å². The number of anilines is 4. The number of aromatic amines is 1. The van der Waals surface area contributed by atoms with Crippen molar-refractivity contribution in [3.05, 3.63) is 71.9 Å². The summed E-state index contributed by atoms with van der Waals surface area (Å²) in [5.41, 5.74) is 3.14. The van der Waals surface area contributed by atoms with E-state index >= 15 is 0 Å². The molecule has 0 unspecified atom stereocenters. The average molecular weight is 440 g/mol. The summed E-state index contributed by atoms with van der Waals surface area (Å²) in [6.07, 6.45) is -2.81. The van der Waals surface area contributed by atoms with E-state index in [0.29, 0.717) is 28.0 Å². The molecule has 2 heterocycles. The lowest BCUT2D eigenvalue weighted by Crippen LogP contribution is -2.22. The molecule has 0 spiro atoms. The zero-order valence-corrected chi connectivity index (χ0v) is 16.9. The van der Waals surface area contributed by atoms with E-state index in [-0.39, 0.29) is 17.7 Å². The normalized spacial score (nSPS) is 11.4. The van der Waals surface area contributed by atoms with Gasteiger partial charge in [0.05, 0.1) is 5.39 Å². The fraction of sp³-hybridized carbons (Fsp3) is 0.136. The molecule has 10 heteroatoms. The maximum atomic E-state index is 12.6. The van der Waals surface area contributed by atoms with Crippen LogP contribution in [0.5, 0.6) is 0 Å². The van der Waals surface area contributed by atoms with Gasteiger partial charge in [-0.25, -0.2) is 0 Å². The van der Waals surface area contributed by atoms with Crippen molar-refractivity contribution in [2.75, 3.05) is 22.5 Å². The number of nitrogens with zero attached hydrogens (tertiary/aromatic N) is 2. The van der Waals surface area contributed by atoms with Gasteiger partial charge in [-0.2, -0.15) is 23.1 Å². The van der Waals surface area contributed by atoms with Gasteiger partial charge in [-0.3, -0.25) is 4.79 Å². The molecule has 0 radical (unpaired) electrons. The molecular formula is C22H19F3N6O. The molecule has 0 aliphatic heterocycles. The van der Waals surface area contributed by atoms with Gasteiger partial charge in [-0.05, 0) is 55.0 Å². The molecule has 0 saturated carbocycles. The summed E-state index contributed by atoms with van der Waals surface area (Å²) >= 11 is 0. The number of hydrogen-bond donors (Lipinski definition) is 4. The zero-order chi connectivity index (χ0) is 22.7. The molecule has 2 aromatic carbocycles. The third kappa shape index (κ3) is 5.15. The molecule has 0 fully saturated rings. The minimum Gasteiger partial charge on any atom is -0.360 e. The van der Waals surface area contributed by atoms with E-state index in [1.54, 1.807) is 42.6 Å². The Bertz CT molecular complexity index is 1250. The van der Waals surface area contributed by atoms with E-state index < -0.39 is 12.7 Å². The summed E-state index contributed by atoms with van der Waals surface area (Å²) < 4.78 is 37.8. The summed E-state index contributed by atoms with van der Waals surface area (Å²) in [4.78, 5) is 23.8. The number of aromatic nitrogens is 3. The predicted octanol–water partition coefficient (Wildman–Crippen LogP) is 5.24. The monoisotopic (exact) mass is 440 g/mol. The fourth-order valence-corrected chi connectivity index (χ4v) is 3.08. The summed E-state index contributed by atoms with van der Waals surface area (Å²) in [5.74, 6) is -0.0864. The Balaban J connectivity index is 1.49. The van der Waals surface area contributed by atoms with Crippen molar-refractivity contribution in [1.82, 2.24) is 15.0 Å². The van der Waals surface area contributed by atoms with Crippen molar-refractivity contribution in [1.29, 1.82) is 0 Å². The van der Waals surface area contributed by atoms with E-state index in [9.17, 15) is 18.0 Å². The Morgan fingerprint density at radius 2 is 1.81 bits per heavy atom. The van der Waals surface area contributed by atoms with Gasteiger partial charge in [-0.1, -0.05) is 12.1 Å². The SMILES string of the molecule is Cc1cccc(NC(=O)c2ccc(Nc3nc(NCC(F)(F)F)c4cc[nH]c4n3)cc2)c1. The Labute approximate surface area is 181 Å². The number of carbonyl (C=O) groups is 1. The number of carbonyl (C=O) groups excluding carboxylic acids is 1. The van der Waals surface area contributed by atoms with Crippen LogP contribution in [0.2, 0.25) is 0 Å². The highest BCUT2D eigenvalue weighted by atomic mass is 19.4. The topological polar surface area (TPSA) is 94.7 Å². The highest BCUT2D eigenvalue weighted by molar-refractivity contribution is 6.04. The molecular weight excluding hydrogens is 421 g/mol. The number of alkyl halides is 3. The van der Waals surface area contributed by atoms with E-state index in [0.717, 1.165) is 5.56 Å². The molecule has 2 aromatic heterocycles. The smallest absolute Gasteiger partial charge is 0.360 e. The Morgan fingerprint density at radius 1 is 1.03 bits per heavy atom. The Hall–Kier alpha value is -4.08. The molecule has 0 saturated heterocycles. The van der Waals surface area contributed by atoms with Crippen LogP contribution in [0.4, 0.5) is 36.3 Å². The summed E-state index contributed by atoms with van der Waals surface area (Å²) in [7, 11) is 0. The molecule has 0 aliphatic rings. The van der Waals surface area contributed by atoms with Crippen LogP contribution in [0, 0.1) is 6.92 Å². The Morgan fingerprint density at radius 3 is 2.53 bits per heavy atom. The molecule has 4 N–H and O–H groups in total. The third-order valence-corrected chi connectivity index (χ3v) is 4.55. The highest BCUT2D eigenvalue weighted by Crippen LogP contribution is 2.25. The van der Waals surface area contributed by atoms with Crippen LogP contribution < -0.4 is 16.0 Å². The van der Waals surface area contributed by atoms with Crippen LogP contribution in [-0.4, -0.2) is 33.6 Å². The van der Waals surface area contributed by atoms with Crippen molar-refractivity contribution in [2.24, 2.45) is 0 Å². The van der Waals surface area contributed by atoms with Crippen LogP contribution in [0.25, 0.3) is 11.0 Å². The van der Waals surface area contributed by atoms with E-state index in [1.807, 2.05) is 25.1 Å². The van der Waals surface area contributed by atoms with Gasteiger partial charge in [-0.15, -0.1) is 0 Å². The maximum Gasteiger partial charge on any atom is 0.405 e. The second-order valence-electron chi connectivity index (χ2n) is 7.13. The number of nitrogens with one attached hydrogen (secondary N) is 4. The average Bonchev–Trinajstić information content (AvgIpc) is 3.21. The second kappa shape index (κ2) is 8.58. The number of halogens is 3. The summed E-state index contributed by atoms with van der Waals surface area (Å²) in [6.45, 7) is 0.723. The minimum absolute atomic E-state index is 0.0604. The maximum absolute atomic E-state index is 12.6. The minimum atomic E-state index is -4.38. The number of benzene rings is 2. The van der Waals surface area contributed by atoms with E-state index in [4.69, 9.17) is 0 Å². The fourth-order valence-electron chi connectivity index (χ4n) is 3.08. The first-order valence-corrected chi connectivity index (χ1v) is 9.68. The van der Waals surface area contributed by atoms with Crippen LogP contribution >= 0.6 is 0 Å². The number of rotatable bonds is 6. The molecule has 0 atom stereocenters. The number of fused-ring (bicyclic) bond motifs is 1. The zero-order valence-electron chi connectivity index (χ0n) is 16.9. The van der Waals surface area contributed by atoms with Crippen LogP contribution in [0.3, 0.4) is 0 Å². The quantitative estimate of drug-likeness (QED) is 0.329. The standard InChI is InChI=1S/C22H19F3N6O/c1-13-3-2-4-16(11-13)28-20(32)14-5-7-15(8-6-14)29-21-30-18-17(9-10-26-18)19(31-21)27-12-22(23,24)25/h2-11H,12H2,1H3,(H,28,32)(H3,26,27,29,30,31). The number of H-pyrrole nitrogens is 1. The number of amides is 1. The van der Waals surface area contributed by atoms with Crippen molar-refractivity contribution in [2.45, 2.75) is 13.1 Å². The van der Waals surface area contributed by atoms with Crippen LogP contribution in [0.1, 0.15) is 15.9 Å². The van der Waals surface area contributed by atoms with Crippen LogP contribution in [-0.2, 0) is 0 Å². The first kappa shape index (κ1) is 21.2. The van der Waals surface area contributed by atoms with Gasteiger partial charge in [0.2, 0.25) is 5.95 Å². The highest BCUT2D eigenvalue weighted by Gasteiger charge is 2.27. The largest absolute Gasteiger partial charge is 0.405 e. The molecule has 164 valence electrons. The lowest BCUT2D eigenvalue weighted by atomic mass is 10.1. The second-order valence-corrected chi connectivity index (χ2v) is 7.13. The molecule has 32 heavy (non-hydrogen) atoms. The third-order valence-electron chi connectivity index (χ3n) is 4.55. The van der Waals surface area contributed by atoms with Crippen molar-refractivity contribution in [3.63, 3.8) is 0 Å². The molecule has 0 bridgehead atoms. The lowest BCUT2D eigenvalue weighted by molar-refractivity contribution is -0.115. The lowest BCUT2D eigenvalue weighted by Gasteiger charge is -2.12. The number of hydrogen-bond acceptors (Lipinski definition) is 5. The first-order chi connectivity index (χ1) is 15.3. The summed E-state index contributed by atoms with van der Waals surface area (Å²) in [5, 5.41) is 8.53. The van der Waals surface area contributed by atoms with Crippen molar-refractivity contribution in [3.8, 4) is 0 Å². The van der Waals surface area contributed by atoms with Crippen molar-refractivity contribution < 1.29 is 18.0 Å². The predicted molar refractivity (Wildman–Crippen MR) is 117 cm³/mol. The van der Waals surface area contributed by atoms with Crippen LogP contribution in [0.15, 0.2) is 60.8 Å². The molecule has 7 nitrogen and oxygen atoms in total. The first-order valence-electron chi connectivity index (χ1n) is 9.68. The van der Waals surface area contributed by atoms with Gasteiger partial charge in [0.1, 0.15) is 18.0 Å². The van der Waals surface area contributed by atoms with E-state index in [1.165, 1.54) is 0 Å². The van der Waals surface area contributed by atoms with Gasteiger partial charge in [0.15, 0.2) is 0 Å². The summed E-state index contributed by atoms with van der Waals surface area (Å²) in [6, 6.07) is 15.6. The Kier molecular flexibility index (Phi) is 5.67.